The maximum atomic E-state index is 12.9. The summed E-state index contributed by atoms with van der Waals surface area (Å²) in [5.41, 5.74) is 7.28. The molecule has 1 amide bonds. The predicted molar refractivity (Wildman–Crippen MR) is 101 cm³/mol. The van der Waals surface area contributed by atoms with E-state index in [2.05, 4.69) is 23.8 Å². The number of nitrogens with two attached hydrogens (primary N) is 1. The molecule has 1 saturated heterocycles. The van der Waals surface area contributed by atoms with Crippen LogP contribution < -0.4 is 5.73 Å². The van der Waals surface area contributed by atoms with Crippen molar-refractivity contribution in [2.24, 2.45) is 11.1 Å². The van der Waals surface area contributed by atoms with Crippen LogP contribution in [-0.4, -0.2) is 36.5 Å². The molecule has 24 heavy (non-hydrogen) atoms. The Kier molecular flexibility index (Phi) is 7.10. The molecule has 136 valence electrons. The van der Waals surface area contributed by atoms with Crippen LogP contribution in [0.4, 0.5) is 0 Å². The molecule has 4 nitrogen and oxygen atoms in total. The largest absolute Gasteiger partial charge is 0.367 e. The van der Waals surface area contributed by atoms with Crippen molar-refractivity contribution in [2.75, 3.05) is 19.6 Å². The van der Waals surface area contributed by atoms with Crippen molar-refractivity contribution in [1.29, 1.82) is 0 Å². The standard InChI is InChI=1S/C18H28N2O2S.ClH/c1-14-10-20(11-16(22-14)15-5-8-23-12-15)17(21)9-18(13-19)6-3-2-4-7-18;/h5,8,12,14,16H,2-4,6-7,9-11,13,19H2,1H3;1H. The van der Waals surface area contributed by atoms with Crippen LogP contribution in [0.2, 0.25) is 0 Å². The minimum atomic E-state index is 0. The van der Waals surface area contributed by atoms with Gasteiger partial charge in [0.05, 0.1) is 12.6 Å². The summed E-state index contributed by atoms with van der Waals surface area (Å²) in [6.07, 6.45) is 6.60. The van der Waals surface area contributed by atoms with Gasteiger partial charge in [-0.05, 0) is 54.1 Å². The zero-order valence-electron chi connectivity index (χ0n) is 14.4. The second kappa shape index (κ2) is 8.65. The summed E-state index contributed by atoms with van der Waals surface area (Å²) in [7, 11) is 0. The van der Waals surface area contributed by atoms with Crippen LogP contribution in [0.25, 0.3) is 0 Å². The van der Waals surface area contributed by atoms with Crippen LogP contribution in [0.5, 0.6) is 0 Å². The van der Waals surface area contributed by atoms with Gasteiger partial charge in [-0.2, -0.15) is 11.3 Å². The van der Waals surface area contributed by atoms with Gasteiger partial charge in [0.15, 0.2) is 0 Å². The number of halogens is 1. The third-order valence-electron chi connectivity index (χ3n) is 5.40. The lowest BCUT2D eigenvalue weighted by Crippen LogP contribution is -2.48. The van der Waals surface area contributed by atoms with Crippen molar-refractivity contribution < 1.29 is 9.53 Å². The molecule has 1 aromatic heterocycles. The van der Waals surface area contributed by atoms with Gasteiger partial charge in [0.25, 0.3) is 0 Å². The molecular weight excluding hydrogens is 344 g/mol. The van der Waals surface area contributed by atoms with Crippen LogP contribution in [0.3, 0.4) is 0 Å². The number of carbonyl (C=O) groups is 1. The first kappa shape index (κ1) is 19.7. The Bertz CT molecular complexity index is 517. The first-order valence-corrected chi connectivity index (χ1v) is 9.72. The minimum Gasteiger partial charge on any atom is -0.367 e. The van der Waals surface area contributed by atoms with Crippen LogP contribution in [-0.2, 0) is 9.53 Å². The zero-order chi connectivity index (χ0) is 16.3. The lowest BCUT2D eigenvalue weighted by molar-refractivity contribution is -0.147. The second-order valence-electron chi connectivity index (χ2n) is 7.23. The van der Waals surface area contributed by atoms with E-state index < -0.39 is 0 Å². The molecule has 0 spiro atoms. The lowest BCUT2D eigenvalue weighted by atomic mass is 9.71. The van der Waals surface area contributed by atoms with Gasteiger partial charge in [-0.25, -0.2) is 0 Å². The average molecular weight is 373 g/mol. The quantitative estimate of drug-likeness (QED) is 0.875. The number of morpholine rings is 1. The van der Waals surface area contributed by atoms with E-state index in [0.717, 1.165) is 12.8 Å². The van der Waals surface area contributed by atoms with E-state index in [1.165, 1.54) is 24.8 Å². The van der Waals surface area contributed by atoms with Gasteiger partial charge in [0.1, 0.15) is 6.10 Å². The van der Waals surface area contributed by atoms with Crippen molar-refractivity contribution in [3.05, 3.63) is 22.4 Å². The number of rotatable bonds is 4. The molecule has 2 atom stereocenters. The number of hydrogen-bond donors (Lipinski definition) is 1. The maximum absolute atomic E-state index is 12.9. The molecule has 0 aromatic carbocycles. The maximum Gasteiger partial charge on any atom is 0.223 e. The van der Waals surface area contributed by atoms with E-state index in [4.69, 9.17) is 10.5 Å². The number of nitrogens with zero attached hydrogens (tertiary/aromatic N) is 1. The first-order valence-electron chi connectivity index (χ1n) is 8.77. The smallest absolute Gasteiger partial charge is 0.223 e. The monoisotopic (exact) mass is 372 g/mol. The van der Waals surface area contributed by atoms with Crippen LogP contribution in [0, 0.1) is 5.41 Å². The molecule has 1 aromatic rings. The highest BCUT2D eigenvalue weighted by molar-refractivity contribution is 7.07. The molecule has 6 heteroatoms. The second-order valence-corrected chi connectivity index (χ2v) is 8.01. The number of amides is 1. The molecule has 3 rings (SSSR count). The van der Waals surface area contributed by atoms with Crippen molar-refractivity contribution in [2.45, 2.75) is 57.7 Å². The highest BCUT2D eigenvalue weighted by atomic mass is 35.5. The number of hydrogen-bond acceptors (Lipinski definition) is 4. The lowest BCUT2D eigenvalue weighted by Gasteiger charge is -2.40. The van der Waals surface area contributed by atoms with E-state index in [1.807, 2.05) is 4.90 Å². The molecule has 0 radical (unpaired) electrons. The van der Waals surface area contributed by atoms with Crippen LogP contribution >= 0.6 is 23.7 Å². The van der Waals surface area contributed by atoms with E-state index in [0.29, 0.717) is 26.1 Å². The number of ether oxygens (including phenoxy) is 1. The van der Waals surface area contributed by atoms with Gasteiger partial charge < -0.3 is 15.4 Å². The van der Waals surface area contributed by atoms with E-state index in [1.54, 1.807) is 11.3 Å². The average Bonchev–Trinajstić information content (AvgIpc) is 3.09. The summed E-state index contributed by atoms with van der Waals surface area (Å²) in [4.78, 5) is 14.9. The molecule has 1 saturated carbocycles. The third kappa shape index (κ3) is 4.51. The SMILES string of the molecule is CC1CN(C(=O)CC2(CN)CCCCC2)CC(c2ccsc2)O1.Cl. The van der Waals surface area contributed by atoms with E-state index in [-0.39, 0.29) is 35.9 Å². The van der Waals surface area contributed by atoms with Gasteiger partial charge in [0.2, 0.25) is 5.91 Å². The normalized spacial score (nSPS) is 26.7. The topological polar surface area (TPSA) is 55.6 Å². The predicted octanol–water partition coefficient (Wildman–Crippen LogP) is 3.76. The summed E-state index contributed by atoms with van der Waals surface area (Å²) >= 11 is 1.68. The van der Waals surface area contributed by atoms with Crippen molar-refractivity contribution in [3.63, 3.8) is 0 Å². The molecule has 2 aliphatic rings. The number of carbonyl (C=O) groups excluding carboxylic acids is 1. The summed E-state index contributed by atoms with van der Waals surface area (Å²) in [5.74, 6) is 0.257. The third-order valence-corrected chi connectivity index (χ3v) is 6.10. The summed E-state index contributed by atoms with van der Waals surface area (Å²) in [6.45, 7) is 4.05. The molecule has 1 aliphatic carbocycles. The Hall–Kier alpha value is -0.620. The Morgan fingerprint density at radius 1 is 1.38 bits per heavy atom. The van der Waals surface area contributed by atoms with Gasteiger partial charge in [0, 0.05) is 13.0 Å². The summed E-state index contributed by atoms with van der Waals surface area (Å²) in [6, 6.07) is 2.10. The molecule has 2 heterocycles. The van der Waals surface area contributed by atoms with Crippen molar-refractivity contribution in [1.82, 2.24) is 4.90 Å². The van der Waals surface area contributed by atoms with Gasteiger partial charge in [-0.3, -0.25) is 4.79 Å². The van der Waals surface area contributed by atoms with Gasteiger partial charge in [-0.1, -0.05) is 19.3 Å². The zero-order valence-corrected chi connectivity index (χ0v) is 16.0. The fraction of sp³-hybridized carbons (Fsp3) is 0.722. The van der Waals surface area contributed by atoms with E-state index in [9.17, 15) is 4.79 Å². The Balaban J connectivity index is 0.00000208. The molecule has 2 N–H and O–H groups in total. The minimum absolute atomic E-state index is 0. The van der Waals surface area contributed by atoms with Gasteiger partial charge in [-0.15, -0.1) is 12.4 Å². The molecule has 1 aliphatic heterocycles. The highest BCUT2D eigenvalue weighted by Crippen LogP contribution is 2.39. The first-order chi connectivity index (χ1) is 11.1. The highest BCUT2D eigenvalue weighted by Gasteiger charge is 2.36. The van der Waals surface area contributed by atoms with Crippen molar-refractivity contribution >= 4 is 29.7 Å². The Morgan fingerprint density at radius 3 is 2.75 bits per heavy atom. The van der Waals surface area contributed by atoms with E-state index >= 15 is 0 Å². The Labute approximate surface area is 155 Å². The fourth-order valence-corrected chi connectivity index (χ4v) is 4.69. The molecular formula is C18H29ClN2O2S. The molecule has 2 unspecified atom stereocenters. The van der Waals surface area contributed by atoms with Crippen LogP contribution in [0.1, 0.15) is 57.1 Å². The summed E-state index contributed by atoms with van der Waals surface area (Å²) in [5, 5.41) is 4.18. The summed E-state index contributed by atoms with van der Waals surface area (Å²) < 4.78 is 6.04. The van der Waals surface area contributed by atoms with Crippen LogP contribution in [0.15, 0.2) is 16.8 Å². The fourth-order valence-electron chi connectivity index (χ4n) is 3.98. The number of thiophene rings is 1. The molecule has 2 fully saturated rings. The van der Waals surface area contributed by atoms with Crippen molar-refractivity contribution in [3.8, 4) is 0 Å². The molecule has 0 bridgehead atoms. The Morgan fingerprint density at radius 2 is 2.12 bits per heavy atom. The van der Waals surface area contributed by atoms with Gasteiger partial charge >= 0.3 is 0 Å².